The van der Waals surface area contributed by atoms with Gasteiger partial charge in [0.05, 0.1) is 11.3 Å². The van der Waals surface area contributed by atoms with Crippen LogP contribution in [-0.4, -0.2) is 67.7 Å². The summed E-state index contributed by atoms with van der Waals surface area (Å²) in [4.78, 5) is 14.8. The van der Waals surface area contributed by atoms with E-state index in [1.165, 1.54) is 16.4 Å². The van der Waals surface area contributed by atoms with Gasteiger partial charge in [-0.1, -0.05) is 38.6 Å². The minimum Gasteiger partial charge on any atom is -0.337 e. The number of hydrogen-bond acceptors (Lipinski definition) is 5. The molecule has 1 fully saturated rings. The van der Waals surface area contributed by atoms with Crippen molar-refractivity contribution in [2.24, 2.45) is 11.0 Å². The molecule has 0 radical (unpaired) electrons. The molecule has 194 valence electrons. The Hall–Kier alpha value is -2.40. The second-order valence-corrected chi connectivity index (χ2v) is 11.5. The van der Waals surface area contributed by atoms with Gasteiger partial charge in [0.25, 0.3) is 5.91 Å². The van der Waals surface area contributed by atoms with Crippen molar-refractivity contribution in [3.05, 3.63) is 47.5 Å². The minimum atomic E-state index is -4.43. The molecule has 2 aliphatic heterocycles. The number of hydrazone groups is 1. The SMILES string of the molecule is C=C1CN(S(=O)(=O)CC(C)C)CCCN/N=C\1C(=O)N1CCC(c2ccccc2C(F)(F)F)CC1. The largest absolute Gasteiger partial charge is 0.416 e. The van der Waals surface area contributed by atoms with E-state index in [0.717, 1.165) is 6.07 Å². The van der Waals surface area contributed by atoms with Gasteiger partial charge < -0.3 is 10.3 Å². The zero-order chi connectivity index (χ0) is 25.8. The van der Waals surface area contributed by atoms with Crippen LogP contribution < -0.4 is 5.43 Å². The van der Waals surface area contributed by atoms with Gasteiger partial charge in [0.1, 0.15) is 0 Å². The first-order valence-electron chi connectivity index (χ1n) is 11.8. The smallest absolute Gasteiger partial charge is 0.337 e. The van der Waals surface area contributed by atoms with Crippen LogP contribution in [0.15, 0.2) is 41.5 Å². The Morgan fingerprint density at radius 3 is 2.49 bits per heavy atom. The van der Waals surface area contributed by atoms with Crippen LogP contribution in [0.4, 0.5) is 13.2 Å². The molecule has 0 saturated carbocycles. The van der Waals surface area contributed by atoms with Gasteiger partial charge in [-0.3, -0.25) is 4.79 Å². The molecule has 11 heteroatoms. The van der Waals surface area contributed by atoms with E-state index in [-0.39, 0.29) is 48.5 Å². The van der Waals surface area contributed by atoms with Crippen LogP contribution in [0.2, 0.25) is 0 Å². The van der Waals surface area contributed by atoms with Gasteiger partial charge in [0.15, 0.2) is 5.71 Å². The summed E-state index contributed by atoms with van der Waals surface area (Å²) in [6, 6.07) is 5.58. The van der Waals surface area contributed by atoms with Gasteiger partial charge in [-0.25, -0.2) is 8.42 Å². The summed E-state index contributed by atoms with van der Waals surface area (Å²) in [5, 5.41) is 4.21. The maximum atomic E-state index is 13.4. The molecule has 3 rings (SSSR count). The standard InChI is InChI=1S/C24H33F3N4O3S/c1-17(2)16-35(33,34)31-12-6-11-28-29-22(18(3)15-31)23(32)30-13-9-19(10-14-30)20-7-4-5-8-21(20)24(25,26)27/h4-5,7-8,17,19,28H,3,6,9-16H2,1-2H3/b29-22+. The molecule has 0 bridgehead atoms. The maximum absolute atomic E-state index is 13.4. The molecule has 2 heterocycles. The predicted octanol–water partition coefficient (Wildman–Crippen LogP) is 3.60. The fourth-order valence-corrected chi connectivity index (χ4v) is 6.35. The molecule has 0 aromatic heterocycles. The van der Waals surface area contributed by atoms with E-state index in [1.807, 2.05) is 13.8 Å². The molecule has 0 atom stereocenters. The van der Waals surface area contributed by atoms with Gasteiger partial charge >= 0.3 is 6.18 Å². The summed E-state index contributed by atoms with van der Waals surface area (Å²) in [5.41, 5.74) is 2.81. The van der Waals surface area contributed by atoms with Crippen molar-refractivity contribution in [2.45, 2.75) is 45.2 Å². The first-order valence-corrected chi connectivity index (χ1v) is 13.4. The lowest BCUT2D eigenvalue weighted by Crippen LogP contribution is -2.44. The highest BCUT2D eigenvalue weighted by Gasteiger charge is 2.37. The molecule has 2 aliphatic rings. The number of rotatable bonds is 5. The van der Waals surface area contributed by atoms with Crippen molar-refractivity contribution in [3.63, 3.8) is 0 Å². The number of sulfonamides is 1. The van der Waals surface area contributed by atoms with Crippen LogP contribution in [-0.2, 0) is 21.0 Å². The molecule has 1 N–H and O–H groups in total. The zero-order valence-electron chi connectivity index (χ0n) is 20.1. The van der Waals surface area contributed by atoms with E-state index in [4.69, 9.17) is 0 Å². The van der Waals surface area contributed by atoms with E-state index in [9.17, 15) is 26.4 Å². The fraction of sp³-hybridized carbons (Fsp3) is 0.583. The molecule has 35 heavy (non-hydrogen) atoms. The van der Waals surface area contributed by atoms with E-state index >= 15 is 0 Å². The van der Waals surface area contributed by atoms with Gasteiger partial charge in [-0.2, -0.15) is 22.6 Å². The van der Waals surface area contributed by atoms with Gasteiger partial charge in [0.2, 0.25) is 10.0 Å². The third kappa shape index (κ3) is 6.84. The number of carbonyl (C=O) groups excluding carboxylic acids is 1. The Morgan fingerprint density at radius 2 is 1.86 bits per heavy atom. The van der Waals surface area contributed by atoms with E-state index in [1.54, 1.807) is 11.0 Å². The second kappa shape index (κ2) is 11.1. The number of carbonyl (C=O) groups is 1. The summed E-state index contributed by atoms with van der Waals surface area (Å²) in [6.45, 7) is 8.82. The minimum absolute atomic E-state index is 0.00104. The fourth-order valence-electron chi connectivity index (χ4n) is 4.53. The molecule has 1 aromatic carbocycles. The summed E-state index contributed by atoms with van der Waals surface area (Å²) < 4.78 is 67.3. The van der Waals surface area contributed by atoms with Crippen LogP contribution in [0.3, 0.4) is 0 Å². The van der Waals surface area contributed by atoms with E-state index in [2.05, 4.69) is 17.1 Å². The number of benzene rings is 1. The van der Waals surface area contributed by atoms with E-state index in [0.29, 0.717) is 37.9 Å². The molecular formula is C24H33F3N4O3S. The summed E-state index contributed by atoms with van der Waals surface area (Å²) >= 11 is 0. The lowest BCUT2D eigenvalue weighted by Gasteiger charge is -2.33. The Morgan fingerprint density at radius 1 is 1.20 bits per heavy atom. The number of amides is 1. The summed E-state index contributed by atoms with van der Waals surface area (Å²) in [7, 11) is -3.53. The van der Waals surface area contributed by atoms with Crippen molar-refractivity contribution in [1.29, 1.82) is 0 Å². The van der Waals surface area contributed by atoms with Crippen LogP contribution in [0.5, 0.6) is 0 Å². The van der Waals surface area contributed by atoms with Crippen molar-refractivity contribution in [2.75, 3.05) is 38.5 Å². The second-order valence-electron chi connectivity index (χ2n) is 9.48. The summed E-state index contributed by atoms with van der Waals surface area (Å²) in [6.07, 6.45) is -3.12. The normalized spacial score (nSPS) is 21.0. The lowest BCUT2D eigenvalue weighted by atomic mass is 9.86. The first-order chi connectivity index (χ1) is 16.4. The quantitative estimate of drug-likeness (QED) is 0.651. The maximum Gasteiger partial charge on any atom is 0.416 e. The number of hydrogen-bond donors (Lipinski definition) is 1. The third-order valence-electron chi connectivity index (χ3n) is 6.22. The number of likely N-dealkylation sites (tertiary alicyclic amines) is 1. The topological polar surface area (TPSA) is 82.1 Å². The van der Waals surface area contributed by atoms with Crippen molar-refractivity contribution < 1.29 is 26.4 Å². The molecule has 1 amide bonds. The molecule has 7 nitrogen and oxygen atoms in total. The lowest BCUT2D eigenvalue weighted by molar-refractivity contribution is -0.138. The van der Waals surface area contributed by atoms with Crippen molar-refractivity contribution >= 4 is 21.6 Å². The molecule has 0 unspecified atom stereocenters. The average molecular weight is 515 g/mol. The first kappa shape index (κ1) is 27.2. The van der Waals surface area contributed by atoms with Gasteiger partial charge in [-0.05, 0) is 48.3 Å². The van der Waals surface area contributed by atoms with Crippen LogP contribution in [0.1, 0.15) is 50.2 Å². The van der Waals surface area contributed by atoms with Gasteiger partial charge in [0, 0.05) is 32.7 Å². The molecule has 1 aromatic rings. The predicted molar refractivity (Wildman–Crippen MR) is 129 cm³/mol. The average Bonchev–Trinajstić information content (AvgIpc) is 2.88. The number of piperidine rings is 1. The van der Waals surface area contributed by atoms with Crippen LogP contribution in [0, 0.1) is 5.92 Å². The summed E-state index contributed by atoms with van der Waals surface area (Å²) in [5.74, 6) is -0.746. The number of nitrogens with one attached hydrogen (secondary N) is 1. The zero-order valence-corrected chi connectivity index (χ0v) is 21.0. The number of alkyl halides is 3. The Bertz CT molecular complexity index is 1060. The Balaban J connectivity index is 1.71. The molecular weight excluding hydrogens is 481 g/mol. The van der Waals surface area contributed by atoms with Crippen molar-refractivity contribution in [3.8, 4) is 0 Å². The highest BCUT2D eigenvalue weighted by molar-refractivity contribution is 7.89. The monoisotopic (exact) mass is 514 g/mol. The molecule has 1 saturated heterocycles. The number of nitrogens with zero attached hydrogens (tertiary/aromatic N) is 3. The third-order valence-corrected chi connectivity index (χ3v) is 8.40. The van der Waals surface area contributed by atoms with E-state index < -0.39 is 27.7 Å². The highest BCUT2D eigenvalue weighted by Crippen LogP contribution is 2.38. The highest BCUT2D eigenvalue weighted by atomic mass is 32.2. The molecule has 0 spiro atoms. The van der Waals surface area contributed by atoms with Crippen molar-refractivity contribution in [1.82, 2.24) is 14.6 Å². The van der Waals surface area contributed by atoms with Crippen LogP contribution >= 0.6 is 0 Å². The Labute approximate surface area is 205 Å². The van der Waals surface area contributed by atoms with Gasteiger partial charge in [-0.15, -0.1) is 0 Å². The van der Waals surface area contributed by atoms with Crippen LogP contribution in [0.25, 0.3) is 0 Å². The Kier molecular flexibility index (Phi) is 8.63. The molecule has 0 aliphatic carbocycles. The number of halogens is 3.